The summed E-state index contributed by atoms with van der Waals surface area (Å²) < 4.78 is 10.4. The smallest absolute Gasteiger partial charge is 0.251 e. The van der Waals surface area contributed by atoms with Crippen molar-refractivity contribution in [2.45, 2.75) is 0 Å². The number of anilines is 1. The topological polar surface area (TPSA) is 76.7 Å². The van der Waals surface area contributed by atoms with Crippen molar-refractivity contribution >= 4 is 29.1 Å². The van der Waals surface area contributed by atoms with Gasteiger partial charge in [-0.3, -0.25) is 9.59 Å². The van der Waals surface area contributed by atoms with Crippen LogP contribution in [0.15, 0.2) is 48.5 Å². The molecule has 0 aliphatic rings. The molecule has 0 aliphatic heterocycles. The maximum Gasteiger partial charge on any atom is 0.251 e. The van der Waals surface area contributed by atoms with Crippen LogP contribution in [0.25, 0.3) is 0 Å². The summed E-state index contributed by atoms with van der Waals surface area (Å²) in [6, 6.07) is 13.5. The second-order valence-electron chi connectivity index (χ2n) is 5.11. The minimum Gasteiger partial charge on any atom is -0.491 e. The number of hydrogen-bond donors (Lipinski definition) is 2. The molecular weight excluding hydrogens is 344 g/mol. The SMILES string of the molecule is COCCOc1cccc(NC(=O)CNC(=O)c2cccc(Cl)c2)c1. The summed E-state index contributed by atoms with van der Waals surface area (Å²) in [5.74, 6) is -0.0865. The Balaban J connectivity index is 1.83. The van der Waals surface area contributed by atoms with Crippen molar-refractivity contribution in [1.82, 2.24) is 5.32 Å². The Bertz CT molecular complexity index is 737. The van der Waals surface area contributed by atoms with Crippen molar-refractivity contribution in [3.63, 3.8) is 0 Å². The number of amides is 2. The summed E-state index contributed by atoms with van der Waals surface area (Å²) in [5.41, 5.74) is 0.978. The van der Waals surface area contributed by atoms with Crippen LogP contribution in [-0.4, -0.2) is 38.7 Å². The lowest BCUT2D eigenvalue weighted by Gasteiger charge is -2.09. The normalized spacial score (nSPS) is 10.2. The predicted molar refractivity (Wildman–Crippen MR) is 96.2 cm³/mol. The first kappa shape index (κ1) is 18.8. The number of benzene rings is 2. The number of ether oxygens (including phenoxy) is 2. The van der Waals surface area contributed by atoms with Crippen LogP contribution >= 0.6 is 11.6 Å². The molecule has 7 heteroatoms. The van der Waals surface area contributed by atoms with Crippen LogP contribution in [0, 0.1) is 0 Å². The van der Waals surface area contributed by atoms with E-state index in [2.05, 4.69) is 10.6 Å². The van der Waals surface area contributed by atoms with Gasteiger partial charge in [-0.1, -0.05) is 23.7 Å². The Hall–Kier alpha value is -2.57. The molecule has 2 aromatic rings. The van der Waals surface area contributed by atoms with Crippen molar-refractivity contribution in [1.29, 1.82) is 0 Å². The molecule has 0 spiro atoms. The number of carbonyl (C=O) groups excluding carboxylic acids is 2. The minimum atomic E-state index is -0.366. The quantitative estimate of drug-likeness (QED) is 0.708. The van der Waals surface area contributed by atoms with E-state index in [1.165, 1.54) is 6.07 Å². The highest BCUT2D eigenvalue weighted by Gasteiger charge is 2.09. The van der Waals surface area contributed by atoms with Gasteiger partial charge in [-0.15, -0.1) is 0 Å². The van der Waals surface area contributed by atoms with Crippen LogP contribution in [0.4, 0.5) is 5.69 Å². The van der Waals surface area contributed by atoms with Crippen molar-refractivity contribution in [3.8, 4) is 5.75 Å². The summed E-state index contributed by atoms with van der Waals surface area (Å²) in [5, 5.41) is 5.71. The van der Waals surface area contributed by atoms with Crippen molar-refractivity contribution in [2.75, 3.05) is 32.2 Å². The maximum absolute atomic E-state index is 12.0. The van der Waals surface area contributed by atoms with Gasteiger partial charge in [0.25, 0.3) is 5.91 Å². The summed E-state index contributed by atoms with van der Waals surface area (Å²) >= 11 is 5.84. The Morgan fingerprint density at radius 3 is 2.64 bits per heavy atom. The average molecular weight is 363 g/mol. The van der Waals surface area contributed by atoms with E-state index in [0.717, 1.165) is 0 Å². The summed E-state index contributed by atoms with van der Waals surface area (Å²) in [7, 11) is 1.59. The summed E-state index contributed by atoms with van der Waals surface area (Å²) in [6.07, 6.45) is 0. The van der Waals surface area contributed by atoms with E-state index in [0.29, 0.717) is 35.2 Å². The highest BCUT2D eigenvalue weighted by molar-refractivity contribution is 6.31. The van der Waals surface area contributed by atoms with Gasteiger partial charge in [-0.2, -0.15) is 0 Å². The molecule has 2 aromatic carbocycles. The van der Waals surface area contributed by atoms with E-state index in [1.807, 2.05) is 0 Å². The molecule has 0 heterocycles. The first-order valence-corrected chi connectivity index (χ1v) is 8.01. The lowest BCUT2D eigenvalue weighted by molar-refractivity contribution is -0.115. The zero-order chi connectivity index (χ0) is 18.1. The molecule has 2 amide bonds. The number of methoxy groups -OCH3 is 1. The summed E-state index contributed by atoms with van der Waals surface area (Å²) in [4.78, 5) is 23.9. The van der Waals surface area contributed by atoms with E-state index < -0.39 is 0 Å². The molecule has 0 atom stereocenters. The fourth-order valence-corrected chi connectivity index (χ4v) is 2.19. The molecular formula is C18H19ClN2O4. The number of carbonyl (C=O) groups is 2. The molecule has 2 rings (SSSR count). The van der Waals surface area contributed by atoms with Gasteiger partial charge in [0.05, 0.1) is 13.2 Å². The van der Waals surface area contributed by atoms with Crippen LogP contribution in [-0.2, 0) is 9.53 Å². The molecule has 0 aliphatic carbocycles. The Kier molecular flexibility index (Phi) is 7.25. The Morgan fingerprint density at radius 1 is 1.08 bits per heavy atom. The fraction of sp³-hybridized carbons (Fsp3) is 0.222. The molecule has 132 valence electrons. The van der Waals surface area contributed by atoms with E-state index >= 15 is 0 Å². The maximum atomic E-state index is 12.0. The number of rotatable bonds is 8. The minimum absolute atomic E-state index is 0.153. The zero-order valence-electron chi connectivity index (χ0n) is 13.8. The van der Waals surface area contributed by atoms with E-state index in [9.17, 15) is 9.59 Å². The highest BCUT2D eigenvalue weighted by Crippen LogP contribution is 2.17. The van der Waals surface area contributed by atoms with Crippen LogP contribution in [0.2, 0.25) is 5.02 Å². The average Bonchev–Trinajstić information content (AvgIpc) is 2.60. The third-order valence-corrected chi connectivity index (χ3v) is 3.41. The van der Waals surface area contributed by atoms with E-state index in [-0.39, 0.29) is 18.4 Å². The highest BCUT2D eigenvalue weighted by atomic mass is 35.5. The lowest BCUT2D eigenvalue weighted by Crippen LogP contribution is -2.32. The largest absolute Gasteiger partial charge is 0.491 e. The van der Waals surface area contributed by atoms with E-state index in [4.69, 9.17) is 21.1 Å². The van der Waals surface area contributed by atoms with Gasteiger partial charge in [-0.05, 0) is 30.3 Å². The monoisotopic (exact) mass is 362 g/mol. The zero-order valence-corrected chi connectivity index (χ0v) is 14.5. The van der Waals surface area contributed by atoms with E-state index in [1.54, 1.807) is 49.6 Å². The standard InChI is InChI=1S/C18H19ClN2O4/c1-24-8-9-25-16-7-3-6-15(11-16)21-17(22)12-20-18(23)13-4-2-5-14(19)10-13/h2-7,10-11H,8-9,12H2,1H3,(H,20,23)(H,21,22). The first-order valence-electron chi connectivity index (χ1n) is 7.64. The molecule has 0 aromatic heterocycles. The van der Waals surface area contributed by atoms with Gasteiger partial charge in [0.2, 0.25) is 5.91 Å². The third kappa shape index (κ3) is 6.45. The molecule has 0 bridgehead atoms. The third-order valence-electron chi connectivity index (χ3n) is 3.17. The second-order valence-corrected chi connectivity index (χ2v) is 5.55. The lowest BCUT2D eigenvalue weighted by atomic mass is 10.2. The molecule has 0 saturated carbocycles. The van der Waals surface area contributed by atoms with Gasteiger partial charge < -0.3 is 20.1 Å². The van der Waals surface area contributed by atoms with Gasteiger partial charge in [0, 0.05) is 29.4 Å². The molecule has 0 unspecified atom stereocenters. The van der Waals surface area contributed by atoms with Crippen LogP contribution < -0.4 is 15.4 Å². The summed E-state index contributed by atoms with van der Waals surface area (Å²) in [6.45, 7) is 0.746. The van der Waals surface area contributed by atoms with Gasteiger partial charge in [0.1, 0.15) is 12.4 Å². The van der Waals surface area contributed by atoms with Gasteiger partial charge in [0.15, 0.2) is 0 Å². The number of halogens is 1. The number of nitrogens with one attached hydrogen (secondary N) is 2. The van der Waals surface area contributed by atoms with Crippen molar-refractivity contribution in [3.05, 3.63) is 59.1 Å². The molecule has 0 saturated heterocycles. The Morgan fingerprint density at radius 2 is 1.88 bits per heavy atom. The fourth-order valence-electron chi connectivity index (χ4n) is 2.00. The molecule has 0 radical (unpaired) electrons. The second kappa shape index (κ2) is 9.66. The van der Waals surface area contributed by atoms with Crippen LogP contribution in [0.5, 0.6) is 5.75 Å². The van der Waals surface area contributed by atoms with Gasteiger partial charge >= 0.3 is 0 Å². The van der Waals surface area contributed by atoms with Crippen molar-refractivity contribution in [2.24, 2.45) is 0 Å². The number of hydrogen-bond acceptors (Lipinski definition) is 4. The first-order chi connectivity index (χ1) is 12.1. The van der Waals surface area contributed by atoms with Crippen LogP contribution in [0.1, 0.15) is 10.4 Å². The predicted octanol–water partition coefficient (Wildman–Crippen LogP) is 2.73. The van der Waals surface area contributed by atoms with Gasteiger partial charge in [-0.25, -0.2) is 0 Å². The molecule has 0 fully saturated rings. The van der Waals surface area contributed by atoms with Crippen LogP contribution in [0.3, 0.4) is 0 Å². The molecule has 25 heavy (non-hydrogen) atoms. The molecule has 6 nitrogen and oxygen atoms in total. The van der Waals surface area contributed by atoms with Crippen molar-refractivity contribution < 1.29 is 19.1 Å². The Labute approximate surface area is 151 Å². The molecule has 2 N–H and O–H groups in total.